The monoisotopic (exact) mass is 360 g/mol. The molecular formula is C15H21FN2O5S. The summed E-state index contributed by atoms with van der Waals surface area (Å²) in [5.74, 6) is -2.23. The van der Waals surface area contributed by atoms with Crippen molar-refractivity contribution in [3.8, 4) is 0 Å². The number of amides is 1. The number of carbonyl (C=O) groups excluding carboxylic acids is 2. The van der Waals surface area contributed by atoms with E-state index in [9.17, 15) is 22.4 Å². The van der Waals surface area contributed by atoms with Gasteiger partial charge >= 0.3 is 5.97 Å². The molecule has 1 aromatic rings. The lowest BCUT2D eigenvalue weighted by molar-refractivity contribution is -0.145. The molecule has 0 aliphatic heterocycles. The van der Waals surface area contributed by atoms with Crippen molar-refractivity contribution in [2.75, 3.05) is 13.7 Å². The number of hydrogen-bond donors (Lipinski definition) is 2. The molecule has 1 unspecified atom stereocenters. The van der Waals surface area contributed by atoms with Crippen LogP contribution in [0.4, 0.5) is 4.39 Å². The van der Waals surface area contributed by atoms with Crippen LogP contribution in [0.2, 0.25) is 0 Å². The highest BCUT2D eigenvalue weighted by Gasteiger charge is 2.23. The molecule has 2 N–H and O–H groups in total. The first kappa shape index (κ1) is 20.0. The smallest absolute Gasteiger partial charge is 0.328 e. The van der Waals surface area contributed by atoms with Crippen molar-refractivity contribution < 1.29 is 27.1 Å². The molecule has 0 spiro atoms. The van der Waals surface area contributed by atoms with E-state index in [1.165, 1.54) is 19.2 Å². The Kier molecular flexibility index (Phi) is 7.80. The standard InChI is InChI=1S/C15H21FN2O5S/c1-3-4-8-12(15(20)23-2)18-14(19)10-17-24(21,22)13-9-6-5-7-11(13)16/h5-7,9,12,17H,3-4,8,10H2,1-2H3,(H,18,19). The minimum Gasteiger partial charge on any atom is -0.467 e. The van der Waals surface area contributed by atoms with Gasteiger partial charge in [-0.2, -0.15) is 0 Å². The van der Waals surface area contributed by atoms with Crippen molar-refractivity contribution in [3.05, 3.63) is 30.1 Å². The van der Waals surface area contributed by atoms with Crippen molar-refractivity contribution in [1.82, 2.24) is 10.0 Å². The Balaban J connectivity index is 2.67. The van der Waals surface area contributed by atoms with Gasteiger partial charge in [0, 0.05) is 0 Å². The maximum Gasteiger partial charge on any atom is 0.328 e. The Labute approximate surface area is 140 Å². The fraction of sp³-hybridized carbons (Fsp3) is 0.467. The second-order valence-electron chi connectivity index (χ2n) is 5.04. The normalized spacial score (nSPS) is 12.5. The predicted molar refractivity (Wildman–Crippen MR) is 85.1 cm³/mol. The molecule has 1 atom stereocenters. The summed E-state index contributed by atoms with van der Waals surface area (Å²) >= 11 is 0. The first-order valence-electron chi connectivity index (χ1n) is 7.43. The molecule has 0 saturated carbocycles. The summed E-state index contributed by atoms with van der Waals surface area (Å²) in [6.45, 7) is 1.31. The van der Waals surface area contributed by atoms with Gasteiger partial charge in [-0.1, -0.05) is 31.9 Å². The molecule has 9 heteroatoms. The summed E-state index contributed by atoms with van der Waals surface area (Å²) in [5, 5.41) is 2.41. The Morgan fingerprint density at radius 1 is 1.29 bits per heavy atom. The summed E-state index contributed by atoms with van der Waals surface area (Å²) in [5.41, 5.74) is 0. The van der Waals surface area contributed by atoms with Crippen LogP contribution in [0.1, 0.15) is 26.2 Å². The number of esters is 1. The molecule has 24 heavy (non-hydrogen) atoms. The summed E-state index contributed by atoms with van der Waals surface area (Å²) in [7, 11) is -2.96. The molecule has 0 radical (unpaired) electrons. The minimum atomic E-state index is -4.17. The van der Waals surface area contributed by atoms with Gasteiger partial charge in [-0.25, -0.2) is 22.3 Å². The average Bonchev–Trinajstić information content (AvgIpc) is 2.56. The molecule has 0 fully saturated rings. The molecule has 1 rings (SSSR count). The first-order valence-corrected chi connectivity index (χ1v) is 8.91. The van der Waals surface area contributed by atoms with E-state index in [1.54, 1.807) is 0 Å². The van der Waals surface area contributed by atoms with Crippen LogP contribution in [-0.2, 0) is 24.3 Å². The molecule has 0 aromatic heterocycles. The molecular weight excluding hydrogens is 339 g/mol. The third-order valence-corrected chi connectivity index (χ3v) is 4.65. The summed E-state index contributed by atoms with van der Waals surface area (Å²) < 4.78 is 44.1. The van der Waals surface area contributed by atoms with Crippen molar-refractivity contribution in [3.63, 3.8) is 0 Å². The van der Waals surface area contributed by atoms with Crippen LogP contribution in [0.5, 0.6) is 0 Å². The van der Waals surface area contributed by atoms with E-state index in [2.05, 4.69) is 10.1 Å². The largest absolute Gasteiger partial charge is 0.467 e. The number of benzene rings is 1. The molecule has 0 aliphatic rings. The zero-order valence-corrected chi connectivity index (χ0v) is 14.4. The number of sulfonamides is 1. The van der Waals surface area contributed by atoms with Gasteiger partial charge in [0.25, 0.3) is 0 Å². The van der Waals surface area contributed by atoms with Gasteiger partial charge in [0.1, 0.15) is 16.8 Å². The molecule has 0 aliphatic carbocycles. The highest BCUT2D eigenvalue weighted by molar-refractivity contribution is 7.89. The number of unbranched alkanes of at least 4 members (excludes halogenated alkanes) is 1. The number of methoxy groups -OCH3 is 1. The van der Waals surface area contributed by atoms with Crippen LogP contribution in [0, 0.1) is 5.82 Å². The van der Waals surface area contributed by atoms with Crippen molar-refractivity contribution >= 4 is 21.9 Å². The number of hydrogen-bond acceptors (Lipinski definition) is 5. The van der Waals surface area contributed by atoms with Gasteiger partial charge in [0.05, 0.1) is 13.7 Å². The van der Waals surface area contributed by atoms with Crippen LogP contribution in [0.3, 0.4) is 0 Å². The van der Waals surface area contributed by atoms with Gasteiger partial charge in [0.2, 0.25) is 15.9 Å². The third-order valence-electron chi connectivity index (χ3n) is 3.22. The fourth-order valence-corrected chi connectivity index (χ4v) is 3.00. The van der Waals surface area contributed by atoms with Gasteiger partial charge in [-0.05, 0) is 18.6 Å². The Morgan fingerprint density at radius 3 is 2.54 bits per heavy atom. The van der Waals surface area contributed by atoms with E-state index in [1.807, 2.05) is 11.6 Å². The Bertz CT molecular complexity index is 678. The third kappa shape index (κ3) is 5.89. The molecule has 0 saturated heterocycles. The van der Waals surface area contributed by atoms with E-state index in [-0.39, 0.29) is 0 Å². The van der Waals surface area contributed by atoms with Crippen molar-refractivity contribution in [2.24, 2.45) is 0 Å². The van der Waals surface area contributed by atoms with Gasteiger partial charge in [0.15, 0.2) is 0 Å². The molecule has 0 bridgehead atoms. The number of rotatable bonds is 9. The summed E-state index contributed by atoms with van der Waals surface area (Å²) in [4.78, 5) is 22.9. The van der Waals surface area contributed by atoms with Crippen LogP contribution >= 0.6 is 0 Å². The number of carbonyl (C=O) groups is 2. The maximum atomic E-state index is 13.5. The first-order chi connectivity index (χ1) is 11.3. The second-order valence-corrected chi connectivity index (χ2v) is 6.78. The lowest BCUT2D eigenvalue weighted by Gasteiger charge is -2.16. The zero-order valence-electron chi connectivity index (χ0n) is 13.5. The summed E-state index contributed by atoms with van der Waals surface area (Å²) in [6.07, 6.45) is 1.90. The van der Waals surface area contributed by atoms with Crippen molar-refractivity contribution in [2.45, 2.75) is 37.1 Å². The summed E-state index contributed by atoms with van der Waals surface area (Å²) in [6, 6.07) is 3.98. The SMILES string of the molecule is CCCCC(NC(=O)CNS(=O)(=O)c1ccccc1F)C(=O)OC. The lowest BCUT2D eigenvalue weighted by Crippen LogP contribution is -2.46. The van der Waals surface area contributed by atoms with Crippen LogP contribution in [-0.4, -0.2) is 40.0 Å². The van der Waals surface area contributed by atoms with Crippen LogP contribution in [0.15, 0.2) is 29.2 Å². The molecule has 134 valence electrons. The lowest BCUT2D eigenvalue weighted by atomic mass is 10.1. The van der Waals surface area contributed by atoms with E-state index < -0.39 is 45.2 Å². The van der Waals surface area contributed by atoms with E-state index in [4.69, 9.17) is 0 Å². The van der Waals surface area contributed by atoms with Crippen LogP contribution < -0.4 is 10.0 Å². The van der Waals surface area contributed by atoms with Gasteiger partial charge < -0.3 is 10.1 Å². The topological polar surface area (TPSA) is 102 Å². The predicted octanol–water partition coefficient (Wildman–Crippen LogP) is 0.952. The molecule has 0 heterocycles. The molecule has 1 amide bonds. The Morgan fingerprint density at radius 2 is 1.96 bits per heavy atom. The average molecular weight is 360 g/mol. The zero-order chi connectivity index (χ0) is 18.2. The second kappa shape index (κ2) is 9.33. The molecule has 1 aromatic carbocycles. The van der Waals surface area contributed by atoms with Gasteiger partial charge in [-0.15, -0.1) is 0 Å². The highest BCUT2D eigenvalue weighted by Crippen LogP contribution is 2.12. The molecule has 7 nitrogen and oxygen atoms in total. The quantitative estimate of drug-likeness (QED) is 0.639. The number of nitrogens with one attached hydrogen (secondary N) is 2. The van der Waals surface area contributed by atoms with Gasteiger partial charge in [-0.3, -0.25) is 4.79 Å². The fourth-order valence-electron chi connectivity index (χ4n) is 1.95. The van der Waals surface area contributed by atoms with E-state index in [0.717, 1.165) is 18.6 Å². The van der Waals surface area contributed by atoms with E-state index >= 15 is 0 Å². The minimum absolute atomic E-state index is 0.384. The highest BCUT2D eigenvalue weighted by atomic mass is 32.2. The number of ether oxygens (including phenoxy) is 1. The van der Waals surface area contributed by atoms with E-state index in [0.29, 0.717) is 12.8 Å². The van der Waals surface area contributed by atoms with Crippen LogP contribution in [0.25, 0.3) is 0 Å². The van der Waals surface area contributed by atoms with Crippen molar-refractivity contribution in [1.29, 1.82) is 0 Å². The number of halogens is 1. The Hall–Kier alpha value is -2.00. The maximum absolute atomic E-state index is 13.5.